The van der Waals surface area contributed by atoms with Crippen LogP contribution in [0.2, 0.25) is 0 Å². The maximum absolute atomic E-state index is 13.0. The Morgan fingerprint density at radius 2 is 1.86 bits per heavy atom. The fourth-order valence-corrected chi connectivity index (χ4v) is 4.69. The topological polar surface area (TPSA) is 20.9 Å². The molecule has 2 nitrogen and oxygen atoms in total. The third kappa shape index (κ3) is 5.04. The van der Waals surface area contributed by atoms with Gasteiger partial charge in [0.25, 0.3) is 0 Å². The number of rotatable bonds is 4. The summed E-state index contributed by atoms with van der Waals surface area (Å²) in [6.45, 7) is 5.05. The third-order valence-corrected chi connectivity index (χ3v) is 6.34. The monoisotopic (exact) mass is 513 g/mol. The van der Waals surface area contributed by atoms with E-state index in [1.165, 1.54) is 27.8 Å². The summed E-state index contributed by atoms with van der Waals surface area (Å²) in [5.74, 6) is 0.365. The van der Waals surface area contributed by atoms with Gasteiger partial charge in [-0.2, -0.15) is 4.57 Å². The van der Waals surface area contributed by atoms with Crippen molar-refractivity contribution in [3.63, 3.8) is 0 Å². The fraction of sp³-hybridized carbons (Fsp3) is 0.280. The van der Waals surface area contributed by atoms with Crippen LogP contribution in [0, 0.1) is 19.8 Å². The van der Waals surface area contributed by atoms with Crippen molar-refractivity contribution in [2.24, 2.45) is 5.92 Å². The molecular formula is C25H25Br2NO. The van der Waals surface area contributed by atoms with Crippen molar-refractivity contribution in [1.29, 1.82) is 0 Å². The molecule has 1 unspecified atom stereocenters. The van der Waals surface area contributed by atoms with Gasteiger partial charge in [0.2, 0.25) is 0 Å². The Bertz CT molecular complexity index is 1040. The van der Waals surface area contributed by atoms with Crippen molar-refractivity contribution < 1.29 is 26.3 Å². The second kappa shape index (κ2) is 9.36. The van der Waals surface area contributed by atoms with Crippen molar-refractivity contribution in [1.82, 2.24) is 0 Å². The zero-order valence-electron chi connectivity index (χ0n) is 16.8. The second-order valence-electron chi connectivity index (χ2n) is 7.94. The number of pyridine rings is 1. The molecule has 0 radical (unpaired) electrons. The fourth-order valence-electron chi connectivity index (χ4n) is 4.13. The molecule has 150 valence electrons. The first kappa shape index (κ1) is 21.9. The minimum absolute atomic E-state index is 0. The van der Waals surface area contributed by atoms with Crippen molar-refractivity contribution in [2.75, 3.05) is 0 Å². The second-order valence-corrected chi connectivity index (χ2v) is 8.80. The van der Waals surface area contributed by atoms with Gasteiger partial charge < -0.3 is 17.0 Å². The summed E-state index contributed by atoms with van der Waals surface area (Å²) >= 11 is 3.73. The Labute approximate surface area is 191 Å². The molecule has 1 atom stereocenters. The van der Waals surface area contributed by atoms with Gasteiger partial charge in [-0.3, -0.25) is 4.79 Å². The quantitative estimate of drug-likeness (QED) is 0.490. The number of fused-ring (bicyclic) bond motifs is 1. The molecule has 0 saturated heterocycles. The number of aryl methyl sites for hydroxylation is 3. The van der Waals surface area contributed by atoms with Crippen LogP contribution in [0.15, 0.2) is 65.4 Å². The number of benzene rings is 2. The largest absolute Gasteiger partial charge is 1.00 e. The molecule has 1 aliphatic carbocycles. The predicted octanol–water partition coefficient (Wildman–Crippen LogP) is 2.39. The van der Waals surface area contributed by atoms with Crippen LogP contribution in [0.25, 0.3) is 0 Å². The van der Waals surface area contributed by atoms with E-state index in [1.807, 2.05) is 12.1 Å². The molecule has 4 rings (SSSR count). The number of carbonyl (C=O) groups is 1. The van der Waals surface area contributed by atoms with Gasteiger partial charge in [-0.05, 0) is 66.2 Å². The first-order valence-electron chi connectivity index (χ1n) is 9.86. The molecule has 0 amide bonds. The van der Waals surface area contributed by atoms with Crippen LogP contribution >= 0.6 is 15.9 Å². The summed E-state index contributed by atoms with van der Waals surface area (Å²) in [7, 11) is 0. The molecule has 2 aromatic carbocycles. The lowest BCUT2D eigenvalue weighted by Gasteiger charge is -2.24. The van der Waals surface area contributed by atoms with Crippen molar-refractivity contribution in [3.8, 4) is 0 Å². The Hall–Kier alpha value is -1.78. The zero-order chi connectivity index (χ0) is 19.7. The highest BCUT2D eigenvalue weighted by Gasteiger charge is 2.28. The molecule has 4 heteroatoms. The lowest BCUT2D eigenvalue weighted by molar-refractivity contribution is -0.689. The van der Waals surface area contributed by atoms with Crippen molar-refractivity contribution in [3.05, 3.63) is 98.8 Å². The van der Waals surface area contributed by atoms with Crippen molar-refractivity contribution in [2.45, 2.75) is 39.7 Å². The van der Waals surface area contributed by atoms with Crippen LogP contribution in [0.5, 0.6) is 0 Å². The van der Waals surface area contributed by atoms with E-state index >= 15 is 0 Å². The lowest BCUT2D eigenvalue weighted by atomic mass is 9.79. The first-order valence-corrected chi connectivity index (χ1v) is 10.7. The maximum Gasteiger partial charge on any atom is 0.183 e. The van der Waals surface area contributed by atoms with Crippen LogP contribution in [0.4, 0.5) is 0 Å². The summed E-state index contributed by atoms with van der Waals surface area (Å²) in [5.41, 5.74) is 7.13. The van der Waals surface area contributed by atoms with Crippen LogP contribution in [-0.2, 0) is 19.4 Å². The highest BCUT2D eigenvalue weighted by molar-refractivity contribution is 9.10. The zero-order valence-corrected chi connectivity index (χ0v) is 20.0. The highest BCUT2D eigenvalue weighted by atomic mass is 79.9. The van der Waals surface area contributed by atoms with E-state index in [0.29, 0.717) is 5.78 Å². The average Bonchev–Trinajstić information content (AvgIpc) is 2.66. The van der Waals surface area contributed by atoms with E-state index in [-0.39, 0.29) is 22.9 Å². The number of Topliss-reactive ketones (excluding diaryl/α,β-unsaturated/α-hetero) is 1. The van der Waals surface area contributed by atoms with E-state index < -0.39 is 0 Å². The van der Waals surface area contributed by atoms with E-state index in [9.17, 15) is 4.79 Å². The van der Waals surface area contributed by atoms with Gasteiger partial charge in [0.15, 0.2) is 24.7 Å². The minimum atomic E-state index is 0. The van der Waals surface area contributed by atoms with Crippen LogP contribution < -0.4 is 21.5 Å². The molecule has 1 aromatic heterocycles. The number of aromatic nitrogens is 1. The molecule has 1 aliphatic rings. The van der Waals surface area contributed by atoms with E-state index in [4.69, 9.17) is 0 Å². The van der Waals surface area contributed by atoms with Crippen molar-refractivity contribution >= 4 is 21.7 Å². The molecule has 0 N–H and O–H groups in total. The van der Waals surface area contributed by atoms with Crippen LogP contribution in [0.1, 0.15) is 44.6 Å². The molecule has 1 heterocycles. The van der Waals surface area contributed by atoms with Crippen LogP contribution in [0.3, 0.4) is 0 Å². The van der Waals surface area contributed by atoms with E-state index in [1.54, 1.807) is 0 Å². The SMILES string of the molecule is Cc1cccc(C[n+]2ccc(CC3CCc4cc(C)ccc4C3=O)c(Br)c2)c1.[Br-]. The Balaban J connectivity index is 0.00000240. The highest BCUT2D eigenvalue weighted by Crippen LogP contribution is 2.30. The van der Waals surface area contributed by atoms with E-state index in [0.717, 1.165) is 35.8 Å². The predicted molar refractivity (Wildman–Crippen MR) is 116 cm³/mol. The summed E-state index contributed by atoms with van der Waals surface area (Å²) in [4.78, 5) is 13.0. The summed E-state index contributed by atoms with van der Waals surface area (Å²) in [6.07, 6.45) is 6.96. The molecule has 0 saturated carbocycles. The van der Waals surface area contributed by atoms with Crippen LogP contribution in [-0.4, -0.2) is 5.78 Å². The average molecular weight is 515 g/mol. The number of hydrogen-bond donors (Lipinski definition) is 0. The molecular weight excluding hydrogens is 490 g/mol. The number of ketones is 1. The third-order valence-electron chi connectivity index (χ3n) is 5.63. The summed E-state index contributed by atoms with van der Waals surface area (Å²) in [5, 5.41) is 0. The number of carbonyl (C=O) groups excluding carboxylic acids is 1. The Kier molecular flexibility index (Phi) is 7.07. The van der Waals surface area contributed by atoms with Gasteiger partial charge in [0.05, 0.1) is 4.47 Å². The lowest BCUT2D eigenvalue weighted by Crippen LogP contribution is -3.00. The number of hydrogen-bond acceptors (Lipinski definition) is 1. The standard InChI is InChI=1S/C25H25BrNO.BrH/c1-17-4-3-5-19(12-17)15-27-11-10-21(24(26)16-27)14-22-8-7-20-13-18(2)6-9-23(20)25(22)28;/h3-6,9-13,16,22H,7-8,14-15H2,1-2H3;1H/q+1;/p-1. The van der Waals surface area contributed by atoms with Gasteiger partial charge in [0, 0.05) is 23.1 Å². The normalized spacial score (nSPS) is 15.6. The Morgan fingerprint density at radius 3 is 2.62 bits per heavy atom. The van der Waals surface area contributed by atoms with Gasteiger partial charge >= 0.3 is 0 Å². The summed E-state index contributed by atoms with van der Waals surface area (Å²) < 4.78 is 3.26. The first-order chi connectivity index (χ1) is 13.5. The maximum atomic E-state index is 13.0. The minimum Gasteiger partial charge on any atom is -1.00 e. The van der Waals surface area contributed by atoms with E-state index in [2.05, 4.69) is 83.1 Å². The smallest absolute Gasteiger partial charge is 0.183 e. The van der Waals surface area contributed by atoms with Gasteiger partial charge in [-0.1, -0.05) is 47.5 Å². The molecule has 3 aromatic rings. The molecule has 0 bridgehead atoms. The Morgan fingerprint density at radius 1 is 1.07 bits per heavy atom. The number of halogens is 2. The summed E-state index contributed by atoms with van der Waals surface area (Å²) in [6, 6.07) is 17.0. The van der Waals surface area contributed by atoms with Gasteiger partial charge in [-0.15, -0.1) is 0 Å². The molecule has 0 fully saturated rings. The molecule has 0 spiro atoms. The molecule has 0 aliphatic heterocycles. The molecule has 29 heavy (non-hydrogen) atoms. The van der Waals surface area contributed by atoms with Gasteiger partial charge in [0.1, 0.15) is 0 Å². The van der Waals surface area contributed by atoms with Gasteiger partial charge in [-0.25, -0.2) is 0 Å². The number of nitrogens with zero attached hydrogens (tertiary/aromatic N) is 1.